The fourth-order valence-corrected chi connectivity index (χ4v) is 4.02. The second kappa shape index (κ2) is 6.42. The van der Waals surface area contributed by atoms with Gasteiger partial charge in [-0.2, -0.15) is 0 Å². The molecule has 0 aliphatic carbocycles. The molecule has 0 aliphatic heterocycles. The van der Waals surface area contributed by atoms with Gasteiger partial charge < -0.3 is 0 Å². The number of nitro benzene ring substituents is 1. The fourth-order valence-electron chi connectivity index (χ4n) is 2.17. The molecule has 0 bridgehead atoms. The normalized spacial score (nSPS) is 11.2. The van der Waals surface area contributed by atoms with E-state index in [0.717, 1.165) is 10.4 Å². The van der Waals surface area contributed by atoms with Crippen LogP contribution in [0.25, 0.3) is 10.4 Å². The van der Waals surface area contributed by atoms with Crippen LogP contribution < -0.4 is 4.72 Å². The van der Waals surface area contributed by atoms with Crippen LogP contribution in [0, 0.1) is 10.1 Å². The Morgan fingerprint density at radius 3 is 2.29 bits per heavy atom. The highest BCUT2D eigenvalue weighted by atomic mass is 32.2. The van der Waals surface area contributed by atoms with Crippen LogP contribution >= 0.6 is 11.3 Å². The van der Waals surface area contributed by atoms with E-state index in [9.17, 15) is 18.5 Å². The van der Waals surface area contributed by atoms with Gasteiger partial charge in [-0.15, -0.1) is 11.3 Å². The van der Waals surface area contributed by atoms with E-state index >= 15 is 0 Å². The van der Waals surface area contributed by atoms with Crippen molar-refractivity contribution < 1.29 is 13.3 Å². The Hall–Kier alpha value is -2.71. The molecule has 1 heterocycles. The van der Waals surface area contributed by atoms with Gasteiger partial charge in [-0.05, 0) is 29.6 Å². The van der Waals surface area contributed by atoms with Crippen molar-refractivity contribution in [1.82, 2.24) is 0 Å². The largest absolute Gasteiger partial charge is 0.279 e. The molecule has 0 fully saturated rings. The molecule has 1 N–H and O–H groups in total. The van der Waals surface area contributed by atoms with E-state index in [1.54, 1.807) is 12.1 Å². The summed E-state index contributed by atoms with van der Waals surface area (Å²) < 4.78 is 27.6. The highest BCUT2D eigenvalue weighted by molar-refractivity contribution is 7.92. The number of non-ortho nitro benzene ring substituents is 1. The maximum absolute atomic E-state index is 12.5. The zero-order chi connectivity index (χ0) is 17.2. The summed E-state index contributed by atoms with van der Waals surface area (Å²) in [5.74, 6) is 0. The Morgan fingerprint density at radius 1 is 0.958 bits per heavy atom. The first-order valence-corrected chi connectivity index (χ1v) is 9.24. The fraction of sp³-hybridized carbons (Fsp3) is 0. The van der Waals surface area contributed by atoms with Crippen LogP contribution in [0.4, 0.5) is 11.4 Å². The van der Waals surface area contributed by atoms with Crippen LogP contribution in [-0.4, -0.2) is 13.3 Å². The second-order valence-electron chi connectivity index (χ2n) is 4.88. The van der Waals surface area contributed by atoms with E-state index in [0.29, 0.717) is 5.69 Å². The molecule has 0 spiro atoms. The molecule has 0 unspecified atom stereocenters. The number of sulfonamides is 1. The predicted octanol–water partition coefficient (Wildman–Crippen LogP) is 4.12. The van der Waals surface area contributed by atoms with E-state index < -0.39 is 14.9 Å². The van der Waals surface area contributed by atoms with Crippen molar-refractivity contribution in [2.45, 2.75) is 4.90 Å². The monoisotopic (exact) mass is 360 g/mol. The molecule has 122 valence electrons. The van der Waals surface area contributed by atoms with Crippen molar-refractivity contribution in [3.05, 3.63) is 76.2 Å². The minimum absolute atomic E-state index is 0.0333. The third-order valence-corrected chi connectivity index (χ3v) is 5.60. The number of para-hydroxylation sites is 1. The molecule has 8 heteroatoms. The Balaban J connectivity index is 1.94. The van der Waals surface area contributed by atoms with E-state index in [-0.39, 0.29) is 10.6 Å². The van der Waals surface area contributed by atoms with Gasteiger partial charge >= 0.3 is 0 Å². The molecule has 0 atom stereocenters. The average Bonchev–Trinajstić information content (AvgIpc) is 3.09. The Kier molecular flexibility index (Phi) is 4.32. The van der Waals surface area contributed by atoms with Gasteiger partial charge in [0.25, 0.3) is 15.7 Å². The van der Waals surface area contributed by atoms with Crippen LogP contribution in [0.1, 0.15) is 0 Å². The highest BCUT2D eigenvalue weighted by Crippen LogP contribution is 2.32. The topological polar surface area (TPSA) is 89.3 Å². The van der Waals surface area contributed by atoms with Crippen molar-refractivity contribution in [2.75, 3.05) is 4.72 Å². The molecule has 0 saturated heterocycles. The molecule has 24 heavy (non-hydrogen) atoms. The van der Waals surface area contributed by atoms with Gasteiger partial charge in [0.1, 0.15) is 0 Å². The molecule has 0 aliphatic rings. The number of anilines is 1. The Labute approximate surface area is 142 Å². The summed E-state index contributed by atoms with van der Waals surface area (Å²) in [5, 5.41) is 12.6. The van der Waals surface area contributed by atoms with Crippen LogP contribution in [-0.2, 0) is 10.0 Å². The third kappa shape index (κ3) is 3.29. The second-order valence-corrected chi connectivity index (χ2v) is 7.51. The molecule has 6 nitrogen and oxygen atoms in total. The summed E-state index contributed by atoms with van der Waals surface area (Å²) >= 11 is 1.51. The summed E-state index contributed by atoms with van der Waals surface area (Å²) in [6.45, 7) is 0. The number of rotatable bonds is 5. The lowest BCUT2D eigenvalue weighted by Crippen LogP contribution is -2.13. The van der Waals surface area contributed by atoms with Crippen molar-refractivity contribution in [1.29, 1.82) is 0 Å². The molecule has 3 aromatic rings. The van der Waals surface area contributed by atoms with Crippen molar-refractivity contribution in [3.8, 4) is 10.4 Å². The summed E-state index contributed by atoms with van der Waals surface area (Å²) in [4.78, 5) is 11.0. The molecule has 3 rings (SSSR count). The Morgan fingerprint density at radius 2 is 1.67 bits per heavy atom. The first-order chi connectivity index (χ1) is 11.5. The molecule has 2 aromatic carbocycles. The maximum Gasteiger partial charge on any atom is 0.269 e. The zero-order valence-electron chi connectivity index (χ0n) is 12.2. The smallest absolute Gasteiger partial charge is 0.269 e. The number of hydrogen-bond donors (Lipinski definition) is 1. The first kappa shape index (κ1) is 16.2. The van der Waals surface area contributed by atoms with Gasteiger partial charge in [-0.3, -0.25) is 14.8 Å². The minimum Gasteiger partial charge on any atom is -0.279 e. The lowest BCUT2D eigenvalue weighted by molar-refractivity contribution is -0.384. The number of benzene rings is 2. The first-order valence-electron chi connectivity index (χ1n) is 6.87. The molecule has 1 aromatic heterocycles. The minimum atomic E-state index is -3.84. The summed E-state index contributed by atoms with van der Waals surface area (Å²) in [5.41, 5.74) is 1.07. The SMILES string of the molecule is O=[N+]([O-])c1ccc(S(=O)(=O)Nc2ccccc2-c2cccs2)cc1. The summed E-state index contributed by atoms with van der Waals surface area (Å²) in [6, 6.07) is 15.6. The Bertz CT molecular complexity index is 966. The zero-order valence-corrected chi connectivity index (χ0v) is 13.9. The third-order valence-electron chi connectivity index (χ3n) is 3.32. The predicted molar refractivity (Wildman–Crippen MR) is 93.7 cm³/mol. The van der Waals surface area contributed by atoms with E-state index in [4.69, 9.17) is 0 Å². The van der Waals surface area contributed by atoms with Crippen molar-refractivity contribution in [3.63, 3.8) is 0 Å². The van der Waals surface area contributed by atoms with Gasteiger partial charge in [0.2, 0.25) is 0 Å². The number of nitrogens with zero attached hydrogens (tertiary/aromatic N) is 1. The van der Waals surface area contributed by atoms with Crippen molar-refractivity contribution >= 4 is 32.7 Å². The lowest BCUT2D eigenvalue weighted by atomic mass is 10.1. The number of nitro groups is 1. The summed E-state index contributed by atoms with van der Waals surface area (Å²) in [7, 11) is -3.84. The molecular formula is C16H12N2O4S2. The average molecular weight is 360 g/mol. The van der Waals surface area contributed by atoms with Gasteiger partial charge in [0.05, 0.1) is 15.5 Å². The standard InChI is InChI=1S/C16H12N2O4S2/c19-18(20)12-7-9-13(10-8-12)24(21,22)17-15-5-2-1-4-14(15)16-6-3-11-23-16/h1-11,17H. The maximum atomic E-state index is 12.5. The lowest BCUT2D eigenvalue weighted by Gasteiger charge is -2.11. The van der Waals surface area contributed by atoms with Gasteiger partial charge in [0, 0.05) is 22.6 Å². The number of nitrogens with one attached hydrogen (secondary N) is 1. The van der Waals surface area contributed by atoms with Gasteiger partial charge in [-0.25, -0.2) is 8.42 Å². The summed E-state index contributed by atoms with van der Waals surface area (Å²) in [6.07, 6.45) is 0. The van der Waals surface area contributed by atoms with Gasteiger partial charge in [0.15, 0.2) is 0 Å². The van der Waals surface area contributed by atoms with E-state index in [1.807, 2.05) is 29.6 Å². The van der Waals surface area contributed by atoms with Crippen LogP contribution in [0.2, 0.25) is 0 Å². The molecule has 0 saturated carbocycles. The van der Waals surface area contributed by atoms with Gasteiger partial charge in [-0.1, -0.05) is 24.3 Å². The van der Waals surface area contributed by atoms with E-state index in [2.05, 4.69) is 4.72 Å². The number of hydrogen-bond acceptors (Lipinski definition) is 5. The van der Waals surface area contributed by atoms with Crippen LogP contribution in [0.5, 0.6) is 0 Å². The molecular weight excluding hydrogens is 348 g/mol. The van der Waals surface area contributed by atoms with Crippen LogP contribution in [0.3, 0.4) is 0 Å². The highest BCUT2D eigenvalue weighted by Gasteiger charge is 2.18. The van der Waals surface area contributed by atoms with E-state index in [1.165, 1.54) is 35.6 Å². The van der Waals surface area contributed by atoms with Crippen molar-refractivity contribution in [2.24, 2.45) is 0 Å². The molecule has 0 radical (unpaired) electrons. The number of thiophene rings is 1. The van der Waals surface area contributed by atoms with Crippen LogP contribution in [0.15, 0.2) is 70.9 Å². The molecule has 0 amide bonds. The quantitative estimate of drug-likeness (QED) is 0.547.